The first kappa shape index (κ1) is 23.6. The fraction of sp³-hybridized carbons (Fsp3) is 0.318. The second-order valence-corrected chi connectivity index (χ2v) is 8.04. The molecule has 0 aromatic heterocycles. The third-order valence-electron chi connectivity index (χ3n) is 5.39. The average Bonchev–Trinajstić information content (AvgIpc) is 2.83. The summed E-state index contributed by atoms with van der Waals surface area (Å²) in [6.45, 7) is 1.31. The van der Waals surface area contributed by atoms with Gasteiger partial charge in [0.15, 0.2) is 0 Å². The van der Waals surface area contributed by atoms with E-state index in [1.807, 2.05) is 24.3 Å². The number of ether oxygens (including phenoxy) is 2. The third kappa shape index (κ3) is 5.39. The lowest BCUT2D eigenvalue weighted by Gasteiger charge is -2.39. The highest BCUT2D eigenvalue weighted by Crippen LogP contribution is 2.37. The number of para-hydroxylation sites is 1. The predicted molar refractivity (Wildman–Crippen MR) is 123 cm³/mol. The van der Waals surface area contributed by atoms with Crippen LogP contribution in [0.3, 0.4) is 0 Å². The van der Waals surface area contributed by atoms with Gasteiger partial charge in [-0.1, -0.05) is 18.2 Å². The van der Waals surface area contributed by atoms with Gasteiger partial charge < -0.3 is 14.4 Å². The van der Waals surface area contributed by atoms with Crippen LogP contribution in [-0.4, -0.2) is 53.2 Å². The zero-order valence-electron chi connectivity index (χ0n) is 17.9. The first-order valence-electron chi connectivity index (χ1n) is 10.1. The topological polar surface area (TPSA) is 112 Å². The molecular weight excluding hydrogens is 434 g/mol. The zero-order valence-corrected chi connectivity index (χ0v) is 18.7. The zero-order chi connectivity index (χ0) is 23.1. The fourth-order valence-corrected chi connectivity index (χ4v) is 4.61. The highest BCUT2D eigenvalue weighted by Gasteiger charge is 2.31. The van der Waals surface area contributed by atoms with Crippen LogP contribution < -0.4 is 24.2 Å². The molecule has 1 saturated heterocycles. The van der Waals surface area contributed by atoms with E-state index in [-0.39, 0.29) is 6.04 Å². The molecule has 32 heavy (non-hydrogen) atoms. The molecule has 1 amide bonds. The van der Waals surface area contributed by atoms with Crippen LogP contribution in [0, 0.1) is 0 Å². The Morgan fingerprint density at radius 2 is 1.91 bits per heavy atom. The molecule has 1 fully saturated rings. The molecule has 0 spiro atoms. The van der Waals surface area contributed by atoms with Crippen molar-refractivity contribution in [2.75, 3.05) is 36.5 Å². The molecule has 0 aliphatic carbocycles. The van der Waals surface area contributed by atoms with Crippen LogP contribution in [0.1, 0.15) is 18.4 Å². The summed E-state index contributed by atoms with van der Waals surface area (Å²) in [5, 5.41) is 8.69. The van der Waals surface area contributed by atoms with Crippen LogP contribution in [0.4, 0.5) is 11.4 Å². The lowest BCUT2D eigenvalue weighted by molar-refractivity contribution is -0.124. The first-order valence-corrected chi connectivity index (χ1v) is 11.1. The summed E-state index contributed by atoms with van der Waals surface area (Å²) in [6.07, 6.45) is 4.18. The number of benzene rings is 2. The van der Waals surface area contributed by atoms with E-state index in [0.29, 0.717) is 43.1 Å². The second kappa shape index (κ2) is 11.0. The summed E-state index contributed by atoms with van der Waals surface area (Å²) in [5.41, 5.74) is 3.87. The van der Waals surface area contributed by atoms with Crippen molar-refractivity contribution >= 4 is 34.6 Å². The van der Waals surface area contributed by atoms with Gasteiger partial charge in [-0.3, -0.25) is 18.9 Å². The van der Waals surface area contributed by atoms with Gasteiger partial charge in [0.1, 0.15) is 11.5 Å². The minimum Gasteiger partial charge on any atom is -0.497 e. The Morgan fingerprint density at radius 1 is 1.19 bits per heavy atom. The number of piperidine rings is 1. The fourth-order valence-electron chi connectivity index (χ4n) is 3.84. The van der Waals surface area contributed by atoms with Crippen molar-refractivity contribution in [1.82, 2.24) is 5.48 Å². The maximum atomic E-state index is 12.3. The van der Waals surface area contributed by atoms with Gasteiger partial charge in [-0.15, -0.1) is 0 Å². The minimum atomic E-state index is -2.24. The molecule has 172 valence electrons. The smallest absolute Gasteiger partial charge is 0.267 e. The molecule has 1 aliphatic rings. The lowest BCUT2D eigenvalue weighted by Crippen LogP contribution is -2.46. The lowest BCUT2D eigenvalue weighted by atomic mass is 10.0. The average molecular weight is 462 g/mol. The van der Waals surface area contributed by atoms with E-state index >= 15 is 0 Å². The van der Waals surface area contributed by atoms with Gasteiger partial charge >= 0.3 is 0 Å². The molecule has 10 heteroatoms. The number of rotatable bonds is 8. The van der Waals surface area contributed by atoms with Gasteiger partial charge in [-0.2, -0.15) is 0 Å². The number of anilines is 2. The van der Waals surface area contributed by atoms with Crippen molar-refractivity contribution in [2.45, 2.75) is 18.9 Å². The summed E-state index contributed by atoms with van der Waals surface area (Å²) in [7, 11) is 3.06. The molecule has 0 bridgehead atoms. The molecule has 3 N–H and O–H groups in total. The van der Waals surface area contributed by atoms with E-state index in [9.17, 15) is 13.6 Å². The summed E-state index contributed by atoms with van der Waals surface area (Å²) in [5.74, 6) is 0.460. The van der Waals surface area contributed by atoms with Gasteiger partial charge in [-0.25, -0.2) is 9.69 Å². The minimum absolute atomic E-state index is 0.180. The number of nitrogens with zero attached hydrogens (tertiary/aromatic N) is 2. The molecule has 0 saturated carbocycles. The van der Waals surface area contributed by atoms with Gasteiger partial charge in [0.05, 0.1) is 19.9 Å². The summed E-state index contributed by atoms with van der Waals surface area (Å²) in [4.78, 5) is 13.5. The maximum Gasteiger partial charge on any atom is 0.267 e. The van der Waals surface area contributed by atoms with Crippen LogP contribution >= 0.6 is 0 Å². The molecule has 0 radical (unpaired) electrons. The number of methoxy groups -OCH3 is 2. The molecule has 1 atom stereocenters. The Bertz CT molecular complexity index is 991. The van der Waals surface area contributed by atoms with Crippen molar-refractivity contribution in [3.8, 4) is 11.5 Å². The van der Waals surface area contributed by atoms with E-state index in [1.165, 1.54) is 17.5 Å². The maximum absolute atomic E-state index is 12.3. The summed E-state index contributed by atoms with van der Waals surface area (Å²) < 4.78 is 34.6. The molecular formula is C22H27N3O6S. The monoisotopic (exact) mass is 461 g/mol. The molecule has 2 aromatic rings. The van der Waals surface area contributed by atoms with E-state index in [2.05, 4.69) is 4.90 Å². The van der Waals surface area contributed by atoms with Gasteiger partial charge in [0, 0.05) is 37.0 Å². The van der Waals surface area contributed by atoms with E-state index in [0.717, 1.165) is 11.3 Å². The van der Waals surface area contributed by atoms with Crippen molar-refractivity contribution in [2.24, 2.45) is 0 Å². The number of hydroxylamine groups is 1. The normalized spacial score (nSPS) is 15.4. The van der Waals surface area contributed by atoms with Crippen LogP contribution in [0.15, 0.2) is 48.5 Å². The van der Waals surface area contributed by atoms with Crippen LogP contribution in [0.5, 0.6) is 11.5 Å². The Hall–Kier alpha value is -3.08. The molecule has 1 aliphatic heterocycles. The SMILES string of the molecule is COc1ccc(OC)c(N(C2CCN(c3ccccc3/C=C/C(=O)NO)CC2)S(=O)O)c1. The largest absolute Gasteiger partial charge is 0.497 e. The number of hydrogen-bond donors (Lipinski definition) is 3. The summed E-state index contributed by atoms with van der Waals surface area (Å²) in [6, 6.07) is 12.6. The van der Waals surface area contributed by atoms with Crippen molar-refractivity contribution < 1.29 is 28.2 Å². The highest BCUT2D eigenvalue weighted by atomic mass is 32.2. The second-order valence-electron chi connectivity index (χ2n) is 7.18. The predicted octanol–water partition coefficient (Wildman–Crippen LogP) is 2.83. The standard InChI is InChI=1S/C22H27N3O6S/c1-30-18-8-9-21(31-2)20(15-18)25(32(28)29)17-11-13-24(14-12-17)19-6-4-3-5-16(19)7-10-22(26)23-27/h3-10,15,17,27H,11-14H2,1-2H3,(H,23,26)(H,28,29)/b10-7+. The Kier molecular flexibility index (Phi) is 8.09. The van der Waals surface area contributed by atoms with E-state index in [4.69, 9.17) is 14.7 Å². The number of amides is 1. The number of carbonyl (C=O) groups excluding carboxylic acids is 1. The highest BCUT2D eigenvalue weighted by molar-refractivity contribution is 7.80. The Labute approximate surface area is 189 Å². The Morgan fingerprint density at radius 3 is 2.53 bits per heavy atom. The first-order chi connectivity index (χ1) is 15.5. The van der Waals surface area contributed by atoms with Gasteiger partial charge in [0.2, 0.25) is 0 Å². The van der Waals surface area contributed by atoms with Crippen molar-refractivity contribution in [1.29, 1.82) is 0 Å². The van der Waals surface area contributed by atoms with Crippen LogP contribution in [-0.2, 0) is 16.1 Å². The van der Waals surface area contributed by atoms with E-state index < -0.39 is 17.2 Å². The molecule has 3 rings (SSSR count). The van der Waals surface area contributed by atoms with Crippen LogP contribution in [0.2, 0.25) is 0 Å². The number of hydrogen-bond acceptors (Lipinski definition) is 6. The van der Waals surface area contributed by atoms with Crippen molar-refractivity contribution in [3.63, 3.8) is 0 Å². The van der Waals surface area contributed by atoms with Gasteiger partial charge in [-0.05, 0) is 42.7 Å². The van der Waals surface area contributed by atoms with E-state index in [1.54, 1.807) is 36.9 Å². The number of carbonyl (C=O) groups is 1. The summed E-state index contributed by atoms with van der Waals surface area (Å²) >= 11 is -2.24. The van der Waals surface area contributed by atoms with Gasteiger partial charge in [0.25, 0.3) is 17.2 Å². The molecule has 2 aromatic carbocycles. The van der Waals surface area contributed by atoms with Crippen molar-refractivity contribution in [3.05, 3.63) is 54.1 Å². The third-order valence-corrected chi connectivity index (χ3v) is 6.22. The quantitative estimate of drug-likeness (QED) is 0.240. The van der Waals surface area contributed by atoms with Crippen LogP contribution in [0.25, 0.3) is 6.08 Å². The Balaban J connectivity index is 1.80. The molecule has 9 nitrogen and oxygen atoms in total. The molecule has 1 unspecified atom stereocenters. The molecule has 1 heterocycles. The number of nitrogens with one attached hydrogen (secondary N) is 1.